The van der Waals surface area contributed by atoms with Crippen molar-refractivity contribution in [1.29, 1.82) is 0 Å². The maximum Gasteiger partial charge on any atom is 0.340 e. The second kappa shape index (κ2) is 7.17. The first kappa shape index (κ1) is 16.2. The van der Waals surface area contributed by atoms with Crippen LogP contribution in [0.1, 0.15) is 49.9 Å². The lowest BCUT2D eigenvalue weighted by molar-refractivity contribution is 0.0601. The zero-order chi connectivity index (χ0) is 15.4. The van der Waals surface area contributed by atoms with Crippen LogP contribution in [0.25, 0.3) is 0 Å². The van der Waals surface area contributed by atoms with Crippen LogP contribution in [0.4, 0.5) is 5.69 Å². The Kier molecular flexibility index (Phi) is 5.51. The molecule has 1 aromatic rings. The first-order valence-electron chi connectivity index (χ1n) is 7.67. The summed E-state index contributed by atoms with van der Waals surface area (Å²) in [5, 5.41) is 4.11. The maximum absolute atomic E-state index is 11.9. The minimum absolute atomic E-state index is 0.350. The van der Waals surface area contributed by atoms with E-state index in [9.17, 15) is 4.79 Å². The predicted molar refractivity (Wildman–Crippen MR) is 87.0 cm³/mol. The Balaban J connectivity index is 2.23. The van der Waals surface area contributed by atoms with E-state index in [2.05, 4.69) is 19.2 Å². The number of carbonyl (C=O) groups excluding carboxylic acids is 1. The third-order valence-electron chi connectivity index (χ3n) is 4.40. The number of hydrogen-bond donors (Lipinski definition) is 1. The fourth-order valence-corrected chi connectivity index (χ4v) is 3.43. The van der Waals surface area contributed by atoms with Gasteiger partial charge in [-0.3, -0.25) is 0 Å². The van der Waals surface area contributed by atoms with Gasteiger partial charge < -0.3 is 10.1 Å². The van der Waals surface area contributed by atoms with E-state index in [0.29, 0.717) is 28.5 Å². The Morgan fingerprint density at radius 2 is 2.05 bits per heavy atom. The van der Waals surface area contributed by atoms with Crippen molar-refractivity contribution < 1.29 is 9.53 Å². The van der Waals surface area contributed by atoms with E-state index in [4.69, 9.17) is 16.3 Å². The molecule has 0 heterocycles. The van der Waals surface area contributed by atoms with E-state index in [-0.39, 0.29) is 5.97 Å². The van der Waals surface area contributed by atoms with Gasteiger partial charge in [0.15, 0.2) is 0 Å². The summed E-state index contributed by atoms with van der Waals surface area (Å²) in [6.45, 7) is 4.54. The van der Waals surface area contributed by atoms with Crippen molar-refractivity contribution >= 4 is 23.3 Å². The first-order valence-corrected chi connectivity index (χ1v) is 8.05. The average Bonchev–Trinajstić information content (AvgIpc) is 2.48. The largest absolute Gasteiger partial charge is 0.465 e. The van der Waals surface area contributed by atoms with Gasteiger partial charge >= 0.3 is 5.97 Å². The molecule has 1 fully saturated rings. The van der Waals surface area contributed by atoms with E-state index in [1.807, 2.05) is 12.1 Å². The normalized spacial score (nSPS) is 22.1. The van der Waals surface area contributed by atoms with Crippen molar-refractivity contribution in [2.24, 2.45) is 11.8 Å². The van der Waals surface area contributed by atoms with Crippen LogP contribution in [0.5, 0.6) is 0 Å². The minimum atomic E-state index is -0.350. The van der Waals surface area contributed by atoms with E-state index in [1.54, 1.807) is 6.07 Å². The standard InChI is InChI=1S/C17H24ClNO2/c1-11(2)13-6-4-5-7-15(13)19-16-9-8-12(18)10-14(16)17(20)21-3/h8-11,13,15,19H,4-7H2,1-3H3. The number of anilines is 1. The van der Waals surface area contributed by atoms with Crippen LogP contribution in [-0.2, 0) is 4.74 Å². The van der Waals surface area contributed by atoms with Gasteiger partial charge in [0.05, 0.1) is 12.7 Å². The molecule has 0 amide bonds. The molecule has 0 spiro atoms. The maximum atomic E-state index is 11.9. The van der Waals surface area contributed by atoms with Crippen molar-refractivity contribution in [3.8, 4) is 0 Å². The lowest BCUT2D eigenvalue weighted by Gasteiger charge is -2.36. The van der Waals surface area contributed by atoms with Gasteiger partial charge in [-0.1, -0.05) is 38.3 Å². The number of rotatable bonds is 4. The molecule has 2 unspecified atom stereocenters. The van der Waals surface area contributed by atoms with Crippen LogP contribution in [0.3, 0.4) is 0 Å². The third-order valence-corrected chi connectivity index (χ3v) is 4.64. The number of methoxy groups -OCH3 is 1. The molecule has 0 saturated heterocycles. The summed E-state index contributed by atoms with van der Waals surface area (Å²) < 4.78 is 4.86. The summed E-state index contributed by atoms with van der Waals surface area (Å²) in [6, 6.07) is 5.76. The molecule has 0 aromatic heterocycles. The molecule has 21 heavy (non-hydrogen) atoms. The van der Waals surface area contributed by atoms with Crippen LogP contribution >= 0.6 is 11.6 Å². The Labute approximate surface area is 132 Å². The topological polar surface area (TPSA) is 38.3 Å². The van der Waals surface area contributed by atoms with Crippen molar-refractivity contribution in [2.45, 2.75) is 45.6 Å². The molecule has 1 aliphatic carbocycles. The number of esters is 1. The molecule has 3 nitrogen and oxygen atoms in total. The average molecular weight is 310 g/mol. The van der Waals surface area contributed by atoms with Crippen LogP contribution in [0, 0.1) is 11.8 Å². The summed E-state index contributed by atoms with van der Waals surface area (Å²) in [6.07, 6.45) is 4.93. The van der Waals surface area contributed by atoms with Crippen LogP contribution in [0.15, 0.2) is 18.2 Å². The Morgan fingerprint density at radius 3 is 2.71 bits per heavy atom. The first-order chi connectivity index (χ1) is 10.0. The molecule has 0 bridgehead atoms. The van der Waals surface area contributed by atoms with Gasteiger partial charge in [0.2, 0.25) is 0 Å². The van der Waals surface area contributed by atoms with Gasteiger partial charge in [0.25, 0.3) is 0 Å². The second-order valence-corrected chi connectivity index (χ2v) is 6.56. The molecule has 1 N–H and O–H groups in total. The van der Waals surface area contributed by atoms with Gasteiger partial charge in [-0.05, 0) is 42.9 Å². The lowest BCUT2D eigenvalue weighted by atomic mass is 9.77. The summed E-state index contributed by atoms with van der Waals surface area (Å²) in [7, 11) is 1.39. The van der Waals surface area contributed by atoms with Crippen molar-refractivity contribution in [1.82, 2.24) is 0 Å². The molecule has 4 heteroatoms. The third kappa shape index (κ3) is 3.91. The quantitative estimate of drug-likeness (QED) is 0.815. The SMILES string of the molecule is COC(=O)c1cc(Cl)ccc1NC1CCCCC1C(C)C. The highest BCUT2D eigenvalue weighted by atomic mass is 35.5. The number of benzene rings is 1. The van der Waals surface area contributed by atoms with Crippen molar-refractivity contribution in [2.75, 3.05) is 12.4 Å². The molecule has 1 aliphatic rings. The number of ether oxygens (including phenoxy) is 1. The fraction of sp³-hybridized carbons (Fsp3) is 0.588. The number of carbonyl (C=O) groups is 1. The van der Waals surface area contributed by atoms with Gasteiger partial charge in [0.1, 0.15) is 0 Å². The summed E-state index contributed by atoms with van der Waals surface area (Å²) in [5.41, 5.74) is 1.34. The molecular weight excluding hydrogens is 286 g/mol. The van der Waals surface area contributed by atoms with E-state index >= 15 is 0 Å². The Bertz CT molecular complexity index is 502. The Hall–Kier alpha value is -1.22. The number of halogens is 1. The van der Waals surface area contributed by atoms with Gasteiger partial charge in [-0.2, -0.15) is 0 Å². The van der Waals surface area contributed by atoms with Crippen LogP contribution < -0.4 is 5.32 Å². The van der Waals surface area contributed by atoms with E-state index in [0.717, 1.165) is 12.1 Å². The zero-order valence-electron chi connectivity index (χ0n) is 13.0. The molecular formula is C17H24ClNO2. The molecule has 2 rings (SSSR count). The zero-order valence-corrected chi connectivity index (χ0v) is 13.7. The highest BCUT2D eigenvalue weighted by Crippen LogP contribution is 2.33. The molecule has 1 saturated carbocycles. The molecule has 116 valence electrons. The second-order valence-electron chi connectivity index (χ2n) is 6.12. The minimum Gasteiger partial charge on any atom is -0.465 e. The van der Waals surface area contributed by atoms with E-state index < -0.39 is 0 Å². The lowest BCUT2D eigenvalue weighted by Crippen LogP contribution is -2.35. The van der Waals surface area contributed by atoms with E-state index in [1.165, 1.54) is 26.4 Å². The predicted octanol–water partition coefficient (Wildman–Crippen LogP) is 4.75. The summed E-state index contributed by atoms with van der Waals surface area (Å²) >= 11 is 6.00. The molecule has 0 aliphatic heterocycles. The van der Waals surface area contributed by atoms with Crippen molar-refractivity contribution in [3.63, 3.8) is 0 Å². The molecule has 2 atom stereocenters. The monoisotopic (exact) mass is 309 g/mol. The number of nitrogens with one attached hydrogen (secondary N) is 1. The molecule has 0 radical (unpaired) electrons. The van der Waals surface area contributed by atoms with Crippen molar-refractivity contribution in [3.05, 3.63) is 28.8 Å². The molecule has 1 aromatic carbocycles. The Morgan fingerprint density at radius 1 is 1.33 bits per heavy atom. The summed E-state index contributed by atoms with van der Waals surface area (Å²) in [4.78, 5) is 11.9. The summed E-state index contributed by atoms with van der Waals surface area (Å²) in [5.74, 6) is 0.925. The fourth-order valence-electron chi connectivity index (χ4n) is 3.26. The van der Waals surface area contributed by atoms with Gasteiger partial charge in [0, 0.05) is 16.8 Å². The van der Waals surface area contributed by atoms with Crippen LogP contribution in [0.2, 0.25) is 5.02 Å². The number of hydrogen-bond acceptors (Lipinski definition) is 3. The smallest absolute Gasteiger partial charge is 0.340 e. The van der Waals surface area contributed by atoms with Crippen LogP contribution in [-0.4, -0.2) is 19.1 Å². The highest BCUT2D eigenvalue weighted by Gasteiger charge is 2.28. The highest BCUT2D eigenvalue weighted by molar-refractivity contribution is 6.31. The van der Waals surface area contributed by atoms with Gasteiger partial charge in [-0.15, -0.1) is 0 Å². The van der Waals surface area contributed by atoms with Gasteiger partial charge in [-0.25, -0.2) is 4.79 Å².